The van der Waals surface area contributed by atoms with Gasteiger partial charge in [-0.1, -0.05) is 0 Å². The van der Waals surface area contributed by atoms with E-state index in [9.17, 15) is 0 Å². The van der Waals surface area contributed by atoms with E-state index in [0.717, 1.165) is 14.4 Å². The summed E-state index contributed by atoms with van der Waals surface area (Å²) in [5.41, 5.74) is 1.17. The van der Waals surface area contributed by atoms with E-state index in [-0.39, 0.29) is 5.38 Å². The monoisotopic (exact) mass is 336 g/mol. The van der Waals surface area contributed by atoms with Crippen LogP contribution in [0, 0.1) is 6.92 Å². The normalized spacial score (nSPS) is 12.8. The molecule has 86 valence electrons. The number of methoxy groups -OCH3 is 1. The van der Waals surface area contributed by atoms with Gasteiger partial charge >= 0.3 is 0 Å². The molecule has 0 aliphatic rings. The number of hydrogen-bond donors (Lipinski definition) is 0. The molecule has 0 saturated carbocycles. The lowest BCUT2D eigenvalue weighted by molar-refractivity contribution is 0.416. The summed E-state index contributed by atoms with van der Waals surface area (Å²) < 4.78 is 6.28. The Hall–Kier alpha value is -0.0300. The van der Waals surface area contributed by atoms with Crippen LogP contribution < -0.4 is 4.74 Å². The van der Waals surface area contributed by atoms with Crippen LogP contribution in [0.15, 0.2) is 21.3 Å². The molecule has 16 heavy (non-hydrogen) atoms. The van der Waals surface area contributed by atoms with E-state index < -0.39 is 0 Å². The van der Waals surface area contributed by atoms with Crippen molar-refractivity contribution in [1.29, 1.82) is 0 Å². The molecule has 2 aromatic rings. The number of rotatable bonds is 3. The van der Waals surface area contributed by atoms with Gasteiger partial charge in [0.05, 0.1) is 16.3 Å². The van der Waals surface area contributed by atoms with E-state index in [4.69, 9.17) is 16.3 Å². The first-order valence-corrected chi connectivity index (χ1v) is 7.56. The van der Waals surface area contributed by atoms with Crippen molar-refractivity contribution in [1.82, 2.24) is 0 Å². The first-order valence-electron chi connectivity index (χ1n) is 4.64. The van der Waals surface area contributed by atoms with Crippen LogP contribution >= 0.6 is 50.2 Å². The molecule has 0 fully saturated rings. The standard InChI is InChI=1S/C11H10BrClOS2/c1-6-8(4-10(12)16-6)11(13)9-3-7(14-2)5-15-9/h3-5,11H,1-2H3. The first kappa shape index (κ1) is 12.4. The molecule has 2 rings (SSSR count). The van der Waals surface area contributed by atoms with Gasteiger partial charge in [0.25, 0.3) is 0 Å². The molecule has 0 spiro atoms. The number of ether oxygens (including phenoxy) is 1. The fourth-order valence-electron chi connectivity index (χ4n) is 1.44. The quantitative estimate of drug-likeness (QED) is 0.698. The predicted octanol–water partition coefficient (Wildman–Crippen LogP) is 5.22. The minimum absolute atomic E-state index is 0.0866. The van der Waals surface area contributed by atoms with Gasteiger partial charge in [-0.2, -0.15) is 0 Å². The number of hydrogen-bond acceptors (Lipinski definition) is 3. The lowest BCUT2D eigenvalue weighted by Crippen LogP contribution is -1.89. The summed E-state index contributed by atoms with van der Waals surface area (Å²) in [5.74, 6) is 0.873. The van der Waals surface area contributed by atoms with Crippen molar-refractivity contribution in [3.05, 3.63) is 36.6 Å². The molecule has 1 unspecified atom stereocenters. The summed E-state index contributed by atoms with van der Waals surface area (Å²) in [5, 5.41) is 1.89. The summed E-state index contributed by atoms with van der Waals surface area (Å²) in [4.78, 5) is 2.37. The summed E-state index contributed by atoms with van der Waals surface area (Å²) in [6.45, 7) is 2.09. The Morgan fingerprint density at radius 2 is 2.19 bits per heavy atom. The average molecular weight is 338 g/mol. The van der Waals surface area contributed by atoms with Crippen LogP contribution in [0.2, 0.25) is 0 Å². The molecule has 0 aliphatic carbocycles. The third-order valence-corrected chi connectivity index (χ3v) is 5.43. The lowest BCUT2D eigenvalue weighted by atomic mass is 10.1. The average Bonchev–Trinajstić information content (AvgIpc) is 2.84. The van der Waals surface area contributed by atoms with E-state index in [0.29, 0.717) is 0 Å². The van der Waals surface area contributed by atoms with Gasteiger partial charge in [-0.25, -0.2) is 0 Å². The molecule has 0 radical (unpaired) electrons. The maximum atomic E-state index is 6.46. The van der Waals surface area contributed by atoms with Crippen LogP contribution in [0.25, 0.3) is 0 Å². The lowest BCUT2D eigenvalue weighted by Gasteiger charge is -2.05. The molecule has 2 heterocycles. The van der Waals surface area contributed by atoms with Gasteiger partial charge in [-0.15, -0.1) is 34.3 Å². The van der Waals surface area contributed by atoms with Crippen LogP contribution in [0.1, 0.15) is 20.7 Å². The smallest absolute Gasteiger partial charge is 0.129 e. The van der Waals surface area contributed by atoms with Crippen LogP contribution in [0.5, 0.6) is 5.75 Å². The third-order valence-electron chi connectivity index (χ3n) is 2.28. The second kappa shape index (κ2) is 5.08. The number of aryl methyl sites for hydroxylation is 1. The van der Waals surface area contributed by atoms with Crippen molar-refractivity contribution in [2.24, 2.45) is 0 Å². The van der Waals surface area contributed by atoms with Crippen LogP contribution in [-0.4, -0.2) is 7.11 Å². The highest BCUT2D eigenvalue weighted by Gasteiger charge is 2.17. The highest BCUT2D eigenvalue weighted by Crippen LogP contribution is 2.40. The summed E-state index contributed by atoms with van der Waals surface area (Å²) in [6.07, 6.45) is 0. The van der Waals surface area contributed by atoms with Gasteiger partial charge < -0.3 is 4.74 Å². The Bertz CT molecular complexity index is 492. The molecule has 0 amide bonds. The van der Waals surface area contributed by atoms with E-state index in [1.807, 2.05) is 11.4 Å². The van der Waals surface area contributed by atoms with Crippen LogP contribution in [0.4, 0.5) is 0 Å². The zero-order chi connectivity index (χ0) is 11.7. The highest BCUT2D eigenvalue weighted by molar-refractivity contribution is 9.11. The van der Waals surface area contributed by atoms with E-state index >= 15 is 0 Å². The van der Waals surface area contributed by atoms with Gasteiger partial charge in [0, 0.05) is 15.1 Å². The first-order chi connectivity index (χ1) is 7.61. The molecule has 0 aliphatic heterocycles. The highest BCUT2D eigenvalue weighted by atomic mass is 79.9. The van der Waals surface area contributed by atoms with Gasteiger partial charge in [-0.3, -0.25) is 0 Å². The van der Waals surface area contributed by atoms with Crippen molar-refractivity contribution >= 4 is 50.2 Å². The summed E-state index contributed by atoms with van der Waals surface area (Å²) in [7, 11) is 1.67. The van der Waals surface area contributed by atoms with Crippen molar-refractivity contribution in [3.63, 3.8) is 0 Å². The fourth-order valence-corrected chi connectivity index (χ4v) is 4.54. The predicted molar refractivity (Wildman–Crippen MR) is 75.3 cm³/mol. The fraction of sp³-hybridized carbons (Fsp3) is 0.273. The second-order valence-electron chi connectivity index (χ2n) is 3.31. The summed E-state index contributed by atoms with van der Waals surface area (Å²) >= 11 is 13.3. The molecule has 0 bridgehead atoms. The zero-order valence-electron chi connectivity index (χ0n) is 8.79. The molecule has 0 N–H and O–H groups in total. The van der Waals surface area contributed by atoms with Gasteiger partial charge in [0.15, 0.2) is 0 Å². The topological polar surface area (TPSA) is 9.23 Å². The summed E-state index contributed by atoms with van der Waals surface area (Å²) in [6, 6.07) is 4.08. The Labute approximate surface area is 116 Å². The number of halogens is 2. The zero-order valence-corrected chi connectivity index (χ0v) is 12.8. The molecule has 1 nitrogen and oxygen atoms in total. The Balaban J connectivity index is 2.31. The van der Waals surface area contributed by atoms with E-state index in [1.54, 1.807) is 29.8 Å². The Kier molecular flexibility index (Phi) is 3.95. The van der Waals surface area contributed by atoms with Gasteiger partial charge in [-0.05, 0) is 40.5 Å². The second-order valence-corrected chi connectivity index (χ2v) is 7.33. The molecule has 0 aromatic carbocycles. The Morgan fingerprint density at radius 3 is 2.69 bits per heavy atom. The molecular formula is C11H10BrClOS2. The maximum absolute atomic E-state index is 6.46. The van der Waals surface area contributed by atoms with Crippen molar-refractivity contribution in [2.75, 3.05) is 7.11 Å². The van der Waals surface area contributed by atoms with Crippen molar-refractivity contribution in [3.8, 4) is 5.75 Å². The third kappa shape index (κ3) is 2.45. The van der Waals surface area contributed by atoms with Gasteiger partial charge in [0.2, 0.25) is 0 Å². The molecular weight excluding hydrogens is 328 g/mol. The molecule has 0 saturated heterocycles. The van der Waals surface area contributed by atoms with Crippen molar-refractivity contribution in [2.45, 2.75) is 12.3 Å². The number of thiophene rings is 2. The molecule has 5 heteroatoms. The van der Waals surface area contributed by atoms with Gasteiger partial charge in [0.1, 0.15) is 5.75 Å². The van der Waals surface area contributed by atoms with E-state index in [1.165, 1.54) is 10.4 Å². The minimum atomic E-state index is -0.0866. The molecule has 1 atom stereocenters. The SMILES string of the molecule is COc1csc(C(Cl)c2cc(Br)sc2C)c1. The van der Waals surface area contributed by atoms with Crippen LogP contribution in [0.3, 0.4) is 0 Å². The van der Waals surface area contributed by atoms with Crippen molar-refractivity contribution < 1.29 is 4.74 Å². The Morgan fingerprint density at radius 1 is 1.44 bits per heavy atom. The largest absolute Gasteiger partial charge is 0.496 e. The minimum Gasteiger partial charge on any atom is -0.496 e. The van der Waals surface area contributed by atoms with Crippen LogP contribution in [-0.2, 0) is 0 Å². The van der Waals surface area contributed by atoms with E-state index in [2.05, 4.69) is 28.9 Å². The number of alkyl halides is 1. The molecule has 2 aromatic heterocycles. The maximum Gasteiger partial charge on any atom is 0.129 e.